The second-order valence-corrected chi connectivity index (χ2v) is 5.46. The van der Waals surface area contributed by atoms with Crippen molar-refractivity contribution in [2.24, 2.45) is 0 Å². The van der Waals surface area contributed by atoms with Crippen LogP contribution in [0.15, 0.2) is 24.3 Å². The quantitative estimate of drug-likeness (QED) is 0.863. The van der Waals surface area contributed by atoms with Crippen molar-refractivity contribution in [2.75, 3.05) is 34.4 Å². The van der Waals surface area contributed by atoms with E-state index in [4.69, 9.17) is 9.47 Å². The number of methoxy groups -OCH3 is 1. The van der Waals surface area contributed by atoms with Crippen LogP contribution in [0.3, 0.4) is 0 Å². The molecule has 3 atom stereocenters. The van der Waals surface area contributed by atoms with Gasteiger partial charge in [0.1, 0.15) is 5.75 Å². The first-order valence-electron chi connectivity index (χ1n) is 7.28. The first-order valence-corrected chi connectivity index (χ1v) is 7.28. The standard InChI is InChI=1S/C16H26N2O2/c1-12(18(3)14-9-10-20-11-14)16(17-2)13-5-7-15(19-4)8-6-13/h5-8,12,14,16-17H,9-11H2,1-4H3. The SMILES string of the molecule is CNC(c1ccc(OC)cc1)C(C)N(C)C1CCOC1. The number of hydrogen-bond donors (Lipinski definition) is 1. The highest BCUT2D eigenvalue weighted by atomic mass is 16.5. The summed E-state index contributed by atoms with van der Waals surface area (Å²) in [5.41, 5.74) is 1.28. The van der Waals surface area contributed by atoms with Crippen LogP contribution in [0, 0.1) is 0 Å². The second-order valence-electron chi connectivity index (χ2n) is 5.46. The number of rotatable bonds is 6. The van der Waals surface area contributed by atoms with Crippen LogP contribution in [0.4, 0.5) is 0 Å². The Morgan fingerprint density at radius 1 is 1.35 bits per heavy atom. The van der Waals surface area contributed by atoms with Gasteiger partial charge in [-0.2, -0.15) is 0 Å². The largest absolute Gasteiger partial charge is 0.497 e. The number of nitrogens with zero attached hydrogens (tertiary/aromatic N) is 1. The minimum absolute atomic E-state index is 0.298. The van der Waals surface area contributed by atoms with E-state index in [0.29, 0.717) is 18.1 Å². The summed E-state index contributed by atoms with van der Waals surface area (Å²) in [6.45, 7) is 4.00. The average Bonchev–Trinajstić information content (AvgIpc) is 3.02. The Labute approximate surface area is 122 Å². The molecule has 0 saturated carbocycles. The predicted octanol–water partition coefficient (Wildman–Crippen LogP) is 2.06. The van der Waals surface area contributed by atoms with E-state index in [-0.39, 0.29) is 0 Å². The van der Waals surface area contributed by atoms with Crippen LogP contribution in [0.25, 0.3) is 0 Å². The number of hydrogen-bond acceptors (Lipinski definition) is 4. The molecule has 1 saturated heterocycles. The molecule has 0 radical (unpaired) electrons. The van der Waals surface area contributed by atoms with Gasteiger partial charge in [-0.25, -0.2) is 0 Å². The van der Waals surface area contributed by atoms with E-state index in [1.165, 1.54) is 5.56 Å². The molecule has 4 nitrogen and oxygen atoms in total. The van der Waals surface area contributed by atoms with Crippen molar-refractivity contribution >= 4 is 0 Å². The lowest BCUT2D eigenvalue weighted by Crippen LogP contribution is -2.45. The zero-order valence-electron chi connectivity index (χ0n) is 12.9. The van der Waals surface area contributed by atoms with Crippen LogP contribution in [-0.4, -0.2) is 51.4 Å². The van der Waals surface area contributed by atoms with Gasteiger partial charge in [0.05, 0.1) is 13.7 Å². The van der Waals surface area contributed by atoms with Crippen LogP contribution < -0.4 is 10.1 Å². The van der Waals surface area contributed by atoms with E-state index >= 15 is 0 Å². The van der Waals surface area contributed by atoms with Gasteiger partial charge in [-0.1, -0.05) is 12.1 Å². The summed E-state index contributed by atoms with van der Waals surface area (Å²) in [6.07, 6.45) is 1.12. The highest BCUT2D eigenvalue weighted by Gasteiger charge is 2.28. The fourth-order valence-electron chi connectivity index (χ4n) is 2.91. The minimum atomic E-state index is 0.298. The summed E-state index contributed by atoms with van der Waals surface area (Å²) < 4.78 is 10.7. The molecule has 0 aromatic heterocycles. The van der Waals surface area contributed by atoms with Crippen LogP contribution in [-0.2, 0) is 4.74 Å². The summed E-state index contributed by atoms with van der Waals surface area (Å²) in [6, 6.07) is 9.53. The zero-order chi connectivity index (χ0) is 14.5. The van der Waals surface area contributed by atoms with Crippen LogP contribution in [0.1, 0.15) is 24.9 Å². The lowest BCUT2D eigenvalue weighted by atomic mass is 9.98. The van der Waals surface area contributed by atoms with Gasteiger partial charge in [0.2, 0.25) is 0 Å². The summed E-state index contributed by atoms with van der Waals surface area (Å²) >= 11 is 0. The summed E-state index contributed by atoms with van der Waals surface area (Å²) in [4.78, 5) is 2.43. The normalized spacial score (nSPS) is 21.9. The third-order valence-electron chi connectivity index (χ3n) is 4.39. The third kappa shape index (κ3) is 3.32. The Morgan fingerprint density at radius 3 is 2.55 bits per heavy atom. The maximum Gasteiger partial charge on any atom is 0.118 e. The summed E-state index contributed by atoms with van der Waals surface area (Å²) in [5.74, 6) is 0.897. The fourth-order valence-corrected chi connectivity index (χ4v) is 2.91. The van der Waals surface area contributed by atoms with Crippen molar-refractivity contribution < 1.29 is 9.47 Å². The number of benzene rings is 1. The van der Waals surface area contributed by atoms with Gasteiger partial charge in [0.15, 0.2) is 0 Å². The molecule has 4 heteroatoms. The van der Waals surface area contributed by atoms with Crippen LogP contribution in [0.5, 0.6) is 5.75 Å². The summed E-state index contributed by atoms with van der Waals surface area (Å²) in [5, 5.41) is 3.44. The lowest BCUT2D eigenvalue weighted by molar-refractivity contribution is 0.122. The lowest BCUT2D eigenvalue weighted by Gasteiger charge is -2.35. The molecule has 0 amide bonds. The van der Waals surface area contributed by atoms with Gasteiger partial charge in [-0.3, -0.25) is 4.90 Å². The smallest absolute Gasteiger partial charge is 0.118 e. The Hall–Kier alpha value is -1.10. The number of nitrogens with one attached hydrogen (secondary N) is 1. The monoisotopic (exact) mass is 278 g/mol. The van der Waals surface area contributed by atoms with Crippen LogP contribution in [0.2, 0.25) is 0 Å². The third-order valence-corrected chi connectivity index (χ3v) is 4.39. The molecule has 0 aliphatic carbocycles. The molecule has 1 aliphatic heterocycles. The molecule has 1 aliphatic rings. The molecular weight excluding hydrogens is 252 g/mol. The molecule has 20 heavy (non-hydrogen) atoms. The highest BCUT2D eigenvalue weighted by molar-refractivity contribution is 5.29. The molecule has 1 N–H and O–H groups in total. The van der Waals surface area contributed by atoms with Crippen molar-refractivity contribution in [2.45, 2.75) is 31.5 Å². The van der Waals surface area contributed by atoms with Crippen molar-refractivity contribution in [3.63, 3.8) is 0 Å². The van der Waals surface area contributed by atoms with Gasteiger partial charge in [0, 0.05) is 24.7 Å². The van der Waals surface area contributed by atoms with E-state index in [0.717, 1.165) is 25.4 Å². The maximum atomic E-state index is 5.50. The van der Waals surface area contributed by atoms with Gasteiger partial charge in [0.25, 0.3) is 0 Å². The van der Waals surface area contributed by atoms with Gasteiger partial charge in [-0.15, -0.1) is 0 Å². The van der Waals surface area contributed by atoms with Gasteiger partial charge < -0.3 is 14.8 Å². The maximum absolute atomic E-state index is 5.50. The molecule has 1 aromatic carbocycles. The predicted molar refractivity (Wildman–Crippen MR) is 81.2 cm³/mol. The fraction of sp³-hybridized carbons (Fsp3) is 0.625. The number of ether oxygens (including phenoxy) is 2. The molecular formula is C16H26N2O2. The van der Waals surface area contributed by atoms with Crippen LogP contribution >= 0.6 is 0 Å². The molecule has 112 valence electrons. The highest BCUT2D eigenvalue weighted by Crippen LogP contribution is 2.25. The number of likely N-dealkylation sites (N-methyl/N-ethyl adjacent to an activating group) is 2. The van der Waals surface area contributed by atoms with Crippen molar-refractivity contribution in [1.82, 2.24) is 10.2 Å². The topological polar surface area (TPSA) is 33.7 Å². The summed E-state index contributed by atoms with van der Waals surface area (Å²) in [7, 11) is 5.91. The first kappa shape index (κ1) is 15.3. The molecule has 3 unspecified atom stereocenters. The Kier molecular flexibility index (Phi) is 5.40. The van der Waals surface area contributed by atoms with Crippen molar-refractivity contribution in [1.29, 1.82) is 0 Å². The van der Waals surface area contributed by atoms with Crippen molar-refractivity contribution in [3.8, 4) is 5.75 Å². The molecule has 0 spiro atoms. The Morgan fingerprint density at radius 2 is 2.05 bits per heavy atom. The molecule has 1 aromatic rings. The second kappa shape index (κ2) is 7.07. The van der Waals surface area contributed by atoms with E-state index < -0.39 is 0 Å². The van der Waals surface area contributed by atoms with E-state index in [1.54, 1.807) is 7.11 Å². The average molecular weight is 278 g/mol. The Bertz CT molecular complexity index is 401. The molecule has 1 fully saturated rings. The Balaban J connectivity index is 2.08. The molecule has 0 bridgehead atoms. The van der Waals surface area contributed by atoms with E-state index in [1.807, 2.05) is 19.2 Å². The molecule has 2 rings (SSSR count). The van der Waals surface area contributed by atoms with Crippen molar-refractivity contribution in [3.05, 3.63) is 29.8 Å². The van der Waals surface area contributed by atoms with E-state index in [9.17, 15) is 0 Å². The zero-order valence-corrected chi connectivity index (χ0v) is 12.9. The van der Waals surface area contributed by atoms with Gasteiger partial charge in [-0.05, 0) is 45.1 Å². The van der Waals surface area contributed by atoms with E-state index in [2.05, 4.69) is 36.3 Å². The minimum Gasteiger partial charge on any atom is -0.497 e. The van der Waals surface area contributed by atoms with Gasteiger partial charge >= 0.3 is 0 Å². The first-order chi connectivity index (χ1) is 9.67. The molecule has 1 heterocycles.